The number of aromatic nitrogens is 2. The van der Waals surface area contributed by atoms with E-state index >= 15 is 0 Å². The molecule has 0 aliphatic carbocycles. The van der Waals surface area contributed by atoms with Crippen molar-refractivity contribution in [1.82, 2.24) is 10.2 Å². The maximum atomic E-state index is 12.3. The molecule has 28 heavy (non-hydrogen) atoms. The number of ether oxygens (including phenoxy) is 1. The Morgan fingerprint density at radius 1 is 1.25 bits per heavy atom. The summed E-state index contributed by atoms with van der Waals surface area (Å²) in [5.41, 5.74) is 3.49. The van der Waals surface area contributed by atoms with Gasteiger partial charge in [-0.2, -0.15) is 0 Å². The van der Waals surface area contributed by atoms with Gasteiger partial charge in [-0.3, -0.25) is 4.79 Å². The van der Waals surface area contributed by atoms with E-state index in [1.807, 2.05) is 50.2 Å². The summed E-state index contributed by atoms with van der Waals surface area (Å²) >= 11 is 8.95. The van der Waals surface area contributed by atoms with Crippen LogP contribution in [0.4, 0.5) is 16.5 Å². The number of halogens is 1. The molecule has 0 radical (unpaired) electrons. The minimum atomic E-state index is -0.142. The highest BCUT2D eigenvalue weighted by Gasteiger charge is 2.12. The SMILES string of the molecule is COc1cccc(Nc2nnc(SCC(=O)Nc3c(C)cc(C)cc3Cl)s2)c1. The molecule has 0 atom stereocenters. The number of thioether (sulfide) groups is 1. The van der Waals surface area contributed by atoms with Gasteiger partial charge in [0.2, 0.25) is 11.0 Å². The third-order valence-corrected chi connectivity index (χ3v) is 6.02. The van der Waals surface area contributed by atoms with Crippen LogP contribution in [0.2, 0.25) is 5.02 Å². The Balaban J connectivity index is 1.56. The van der Waals surface area contributed by atoms with E-state index in [-0.39, 0.29) is 11.7 Å². The molecule has 0 saturated carbocycles. The van der Waals surface area contributed by atoms with Crippen molar-refractivity contribution in [1.29, 1.82) is 0 Å². The topological polar surface area (TPSA) is 76.1 Å². The molecule has 0 spiro atoms. The van der Waals surface area contributed by atoms with E-state index in [1.54, 1.807) is 7.11 Å². The molecule has 2 aromatic carbocycles. The van der Waals surface area contributed by atoms with E-state index in [1.165, 1.54) is 23.1 Å². The fourth-order valence-corrected chi connectivity index (χ4v) is 4.46. The second-order valence-electron chi connectivity index (χ2n) is 6.01. The number of hydrogen-bond donors (Lipinski definition) is 2. The quantitative estimate of drug-likeness (QED) is 0.492. The molecule has 1 amide bonds. The molecule has 2 N–H and O–H groups in total. The average Bonchev–Trinajstić information content (AvgIpc) is 3.10. The molecule has 1 heterocycles. The van der Waals surface area contributed by atoms with Crippen LogP contribution in [0.5, 0.6) is 5.75 Å². The lowest BCUT2D eigenvalue weighted by Crippen LogP contribution is -2.15. The van der Waals surface area contributed by atoms with Crippen LogP contribution >= 0.6 is 34.7 Å². The third kappa shape index (κ3) is 5.37. The summed E-state index contributed by atoms with van der Waals surface area (Å²) in [5.74, 6) is 0.833. The molecule has 146 valence electrons. The Hall–Kier alpha value is -2.29. The molecule has 6 nitrogen and oxygen atoms in total. The smallest absolute Gasteiger partial charge is 0.234 e. The van der Waals surface area contributed by atoms with Crippen LogP contribution in [0, 0.1) is 13.8 Å². The molecular weight excluding hydrogens is 416 g/mol. The highest BCUT2D eigenvalue weighted by molar-refractivity contribution is 8.01. The number of amides is 1. The normalized spacial score (nSPS) is 10.6. The molecule has 9 heteroatoms. The zero-order valence-corrected chi connectivity index (χ0v) is 18.0. The number of rotatable bonds is 7. The standard InChI is InChI=1S/C19H19ClN4O2S2/c1-11-7-12(2)17(15(20)8-11)22-16(25)10-27-19-24-23-18(28-19)21-13-5-4-6-14(9-13)26-3/h4-9H,10H2,1-3H3,(H,21,23)(H,22,25). The average molecular weight is 435 g/mol. The number of carbonyl (C=O) groups excluding carboxylic acids is 1. The van der Waals surface area contributed by atoms with E-state index < -0.39 is 0 Å². The third-order valence-electron chi connectivity index (χ3n) is 3.75. The molecule has 0 bridgehead atoms. The zero-order chi connectivity index (χ0) is 20.1. The predicted octanol–water partition coefficient (Wildman–Crippen LogP) is 5.29. The maximum absolute atomic E-state index is 12.3. The summed E-state index contributed by atoms with van der Waals surface area (Å²) in [4.78, 5) is 12.3. The minimum absolute atomic E-state index is 0.142. The number of carbonyl (C=O) groups is 1. The van der Waals surface area contributed by atoms with Crippen LogP contribution in [0.1, 0.15) is 11.1 Å². The Labute approximate surface area is 176 Å². The van der Waals surface area contributed by atoms with Gasteiger partial charge in [-0.1, -0.05) is 46.8 Å². The first-order chi connectivity index (χ1) is 13.4. The van der Waals surface area contributed by atoms with Crippen molar-refractivity contribution in [3.63, 3.8) is 0 Å². The summed E-state index contributed by atoms with van der Waals surface area (Å²) in [5, 5.41) is 15.5. The van der Waals surface area contributed by atoms with Gasteiger partial charge in [0, 0.05) is 11.8 Å². The first kappa shape index (κ1) is 20.4. The molecule has 0 aliphatic rings. The van der Waals surface area contributed by atoms with Crippen molar-refractivity contribution in [2.24, 2.45) is 0 Å². The monoisotopic (exact) mass is 434 g/mol. The second kappa shape index (κ2) is 9.27. The Bertz CT molecular complexity index is 971. The number of methoxy groups -OCH3 is 1. The molecule has 0 aliphatic heterocycles. The summed E-state index contributed by atoms with van der Waals surface area (Å²) in [7, 11) is 1.62. The highest BCUT2D eigenvalue weighted by atomic mass is 35.5. The van der Waals surface area contributed by atoms with Crippen LogP contribution in [0.15, 0.2) is 40.7 Å². The zero-order valence-electron chi connectivity index (χ0n) is 15.6. The Kier molecular flexibility index (Phi) is 6.77. The molecule has 0 fully saturated rings. The van der Waals surface area contributed by atoms with Crippen LogP contribution < -0.4 is 15.4 Å². The van der Waals surface area contributed by atoms with E-state index in [2.05, 4.69) is 20.8 Å². The van der Waals surface area contributed by atoms with Gasteiger partial charge in [-0.15, -0.1) is 10.2 Å². The van der Waals surface area contributed by atoms with Gasteiger partial charge in [0.25, 0.3) is 0 Å². The summed E-state index contributed by atoms with van der Waals surface area (Å²) in [6.07, 6.45) is 0. The van der Waals surface area contributed by atoms with Crippen LogP contribution in [0.25, 0.3) is 0 Å². The van der Waals surface area contributed by atoms with Crippen LogP contribution in [-0.4, -0.2) is 29.0 Å². The van der Waals surface area contributed by atoms with E-state index in [9.17, 15) is 4.79 Å². The van der Waals surface area contributed by atoms with Crippen molar-refractivity contribution >= 4 is 57.1 Å². The molecule has 0 saturated heterocycles. The van der Waals surface area contributed by atoms with Gasteiger partial charge in [0.15, 0.2) is 4.34 Å². The van der Waals surface area contributed by atoms with Crippen molar-refractivity contribution in [2.45, 2.75) is 18.2 Å². The van der Waals surface area contributed by atoms with Crippen LogP contribution in [0.3, 0.4) is 0 Å². The van der Waals surface area contributed by atoms with Gasteiger partial charge < -0.3 is 15.4 Å². The van der Waals surface area contributed by atoms with Gasteiger partial charge in [0.05, 0.1) is 23.6 Å². The molecule has 3 aromatic rings. The molecular formula is C19H19ClN4O2S2. The lowest BCUT2D eigenvalue weighted by Gasteiger charge is -2.11. The number of anilines is 3. The van der Waals surface area contributed by atoms with E-state index in [4.69, 9.17) is 16.3 Å². The van der Waals surface area contributed by atoms with Crippen molar-refractivity contribution in [3.8, 4) is 5.75 Å². The highest BCUT2D eigenvalue weighted by Crippen LogP contribution is 2.30. The number of nitrogens with one attached hydrogen (secondary N) is 2. The van der Waals surface area contributed by atoms with Crippen molar-refractivity contribution in [2.75, 3.05) is 23.5 Å². The lowest BCUT2D eigenvalue weighted by molar-refractivity contribution is -0.113. The Morgan fingerprint density at radius 2 is 2.07 bits per heavy atom. The van der Waals surface area contributed by atoms with Crippen molar-refractivity contribution < 1.29 is 9.53 Å². The maximum Gasteiger partial charge on any atom is 0.234 e. The minimum Gasteiger partial charge on any atom is -0.497 e. The first-order valence-electron chi connectivity index (χ1n) is 8.38. The summed E-state index contributed by atoms with van der Waals surface area (Å²) in [6.45, 7) is 3.88. The van der Waals surface area contributed by atoms with Crippen molar-refractivity contribution in [3.05, 3.63) is 52.5 Å². The van der Waals surface area contributed by atoms with Gasteiger partial charge in [0.1, 0.15) is 5.75 Å². The Morgan fingerprint density at radius 3 is 2.82 bits per heavy atom. The molecule has 0 unspecified atom stereocenters. The number of benzene rings is 2. The van der Waals surface area contributed by atoms with E-state index in [0.29, 0.717) is 20.2 Å². The van der Waals surface area contributed by atoms with E-state index in [0.717, 1.165) is 22.6 Å². The number of nitrogens with zero attached hydrogens (tertiary/aromatic N) is 2. The van der Waals surface area contributed by atoms with Crippen LogP contribution in [-0.2, 0) is 4.79 Å². The summed E-state index contributed by atoms with van der Waals surface area (Å²) < 4.78 is 5.91. The molecule has 1 aromatic heterocycles. The number of hydrogen-bond acceptors (Lipinski definition) is 7. The largest absolute Gasteiger partial charge is 0.497 e. The first-order valence-corrected chi connectivity index (χ1v) is 10.6. The summed E-state index contributed by atoms with van der Waals surface area (Å²) in [6, 6.07) is 11.4. The predicted molar refractivity (Wildman–Crippen MR) is 116 cm³/mol. The van der Waals surface area contributed by atoms with Gasteiger partial charge >= 0.3 is 0 Å². The fraction of sp³-hybridized carbons (Fsp3) is 0.211. The molecule has 3 rings (SSSR count). The van der Waals surface area contributed by atoms with Gasteiger partial charge in [-0.05, 0) is 43.2 Å². The number of aryl methyl sites for hydroxylation is 2. The second-order valence-corrected chi connectivity index (χ2v) is 8.61. The lowest BCUT2D eigenvalue weighted by atomic mass is 10.1. The van der Waals surface area contributed by atoms with Gasteiger partial charge in [-0.25, -0.2) is 0 Å². The fourth-order valence-electron chi connectivity index (χ4n) is 2.52.